The van der Waals surface area contributed by atoms with Gasteiger partial charge in [-0.3, -0.25) is 9.59 Å². The summed E-state index contributed by atoms with van der Waals surface area (Å²) in [6.07, 6.45) is 3.18. The van der Waals surface area contributed by atoms with E-state index in [-0.39, 0.29) is 12.8 Å². The van der Waals surface area contributed by atoms with Crippen molar-refractivity contribution in [2.45, 2.75) is 44.7 Å². The van der Waals surface area contributed by atoms with Gasteiger partial charge in [-0.05, 0) is 37.0 Å². The molecule has 0 unspecified atom stereocenters. The van der Waals surface area contributed by atoms with Gasteiger partial charge in [-0.15, -0.1) is 6.58 Å². The highest BCUT2D eigenvalue weighted by Gasteiger charge is 2.25. The van der Waals surface area contributed by atoms with Gasteiger partial charge < -0.3 is 15.7 Å². The van der Waals surface area contributed by atoms with Gasteiger partial charge in [0.05, 0.1) is 0 Å². The Morgan fingerprint density at radius 2 is 2.00 bits per heavy atom. The number of carbonyl (C=O) groups is 3. The van der Waals surface area contributed by atoms with Crippen molar-refractivity contribution in [3.63, 3.8) is 0 Å². The van der Waals surface area contributed by atoms with Crippen LogP contribution in [0.1, 0.15) is 31.7 Å². The van der Waals surface area contributed by atoms with Crippen molar-refractivity contribution >= 4 is 17.8 Å². The summed E-state index contributed by atoms with van der Waals surface area (Å²) in [6, 6.07) is 3.63. The molecule has 0 aliphatic heterocycles. The molecule has 136 valence electrons. The fourth-order valence-corrected chi connectivity index (χ4v) is 2.35. The molecule has 2 atom stereocenters. The Balaban J connectivity index is 2.81. The third kappa shape index (κ3) is 7.60. The number of hydrogen-bond acceptors (Lipinski definition) is 3. The maximum atomic E-state index is 13.3. The molecule has 7 heteroatoms. The second-order valence-corrected chi connectivity index (χ2v) is 5.71. The molecule has 0 radical (unpaired) electrons. The van der Waals surface area contributed by atoms with Crippen LogP contribution < -0.4 is 10.6 Å². The molecule has 0 saturated carbocycles. The van der Waals surface area contributed by atoms with E-state index in [0.717, 1.165) is 0 Å². The molecule has 0 bridgehead atoms. The average Bonchev–Trinajstić information content (AvgIpc) is 2.52. The van der Waals surface area contributed by atoms with Crippen LogP contribution in [0, 0.1) is 5.82 Å². The largest absolute Gasteiger partial charge is 0.480 e. The van der Waals surface area contributed by atoms with E-state index in [1.165, 1.54) is 25.1 Å². The van der Waals surface area contributed by atoms with E-state index < -0.39 is 35.7 Å². The Bertz CT molecular complexity index is 633. The number of rotatable bonds is 10. The number of nitrogens with one attached hydrogen (secondary N) is 2. The highest BCUT2D eigenvalue weighted by atomic mass is 19.1. The first-order valence-electron chi connectivity index (χ1n) is 7.99. The van der Waals surface area contributed by atoms with Crippen LogP contribution in [-0.2, 0) is 20.8 Å². The standard InChI is InChI=1S/C18H23FN2O4/c1-3-4-5-9-15(18(24)25)21-17(23)16(20-12(2)22)11-13-7-6-8-14(19)10-13/h3,6-8,10,15-16H,1,4-5,9,11H2,2H3,(H,20,22)(H,21,23)(H,24,25)/t15-,16+/m0/s1. The van der Waals surface area contributed by atoms with E-state index >= 15 is 0 Å². The lowest BCUT2D eigenvalue weighted by molar-refractivity contribution is -0.142. The Hall–Kier alpha value is -2.70. The first kappa shape index (κ1) is 20.3. The third-order valence-corrected chi connectivity index (χ3v) is 3.54. The zero-order chi connectivity index (χ0) is 18.8. The Kier molecular flexibility index (Phi) is 8.32. The van der Waals surface area contributed by atoms with Gasteiger partial charge in [0.15, 0.2) is 0 Å². The van der Waals surface area contributed by atoms with Gasteiger partial charge in [0, 0.05) is 13.3 Å². The number of carboxylic acids is 1. The van der Waals surface area contributed by atoms with Crippen molar-refractivity contribution < 1.29 is 23.9 Å². The van der Waals surface area contributed by atoms with Crippen molar-refractivity contribution in [2.24, 2.45) is 0 Å². The summed E-state index contributed by atoms with van der Waals surface area (Å²) in [7, 11) is 0. The lowest BCUT2D eigenvalue weighted by Gasteiger charge is -2.21. The molecule has 0 aliphatic rings. The van der Waals surface area contributed by atoms with Gasteiger partial charge in [0.1, 0.15) is 17.9 Å². The molecular weight excluding hydrogens is 327 g/mol. The monoisotopic (exact) mass is 350 g/mol. The third-order valence-electron chi connectivity index (χ3n) is 3.54. The molecule has 3 N–H and O–H groups in total. The maximum absolute atomic E-state index is 13.3. The summed E-state index contributed by atoms with van der Waals surface area (Å²) in [5.74, 6) is -2.65. The van der Waals surface area contributed by atoms with Gasteiger partial charge in [-0.2, -0.15) is 0 Å². The minimum Gasteiger partial charge on any atom is -0.480 e. The quantitative estimate of drug-likeness (QED) is 0.443. The highest BCUT2D eigenvalue weighted by molar-refractivity contribution is 5.90. The topological polar surface area (TPSA) is 95.5 Å². The first-order chi connectivity index (χ1) is 11.8. The Morgan fingerprint density at radius 1 is 1.28 bits per heavy atom. The molecule has 0 spiro atoms. The summed E-state index contributed by atoms with van der Waals surface area (Å²) >= 11 is 0. The predicted octanol–water partition coefficient (Wildman–Crippen LogP) is 1.80. The fraction of sp³-hybridized carbons (Fsp3) is 0.389. The fourth-order valence-electron chi connectivity index (χ4n) is 2.35. The maximum Gasteiger partial charge on any atom is 0.326 e. The van der Waals surface area contributed by atoms with Crippen molar-refractivity contribution in [3.05, 3.63) is 48.3 Å². The summed E-state index contributed by atoms with van der Waals surface area (Å²) in [4.78, 5) is 35.1. The summed E-state index contributed by atoms with van der Waals surface area (Å²) in [6.45, 7) is 4.82. The van der Waals surface area contributed by atoms with Crippen LogP contribution in [0.2, 0.25) is 0 Å². The van der Waals surface area contributed by atoms with Crippen LogP contribution in [0.5, 0.6) is 0 Å². The molecule has 0 aliphatic carbocycles. The van der Waals surface area contributed by atoms with Crippen molar-refractivity contribution in [1.82, 2.24) is 10.6 Å². The van der Waals surface area contributed by atoms with Gasteiger partial charge in [0.2, 0.25) is 11.8 Å². The number of carbonyl (C=O) groups excluding carboxylic acids is 2. The Morgan fingerprint density at radius 3 is 2.56 bits per heavy atom. The number of allylic oxidation sites excluding steroid dienone is 1. The zero-order valence-corrected chi connectivity index (χ0v) is 14.1. The molecular formula is C18H23FN2O4. The number of halogens is 1. The number of benzene rings is 1. The Labute approximate surface area is 146 Å². The minimum absolute atomic E-state index is 0.0577. The van der Waals surface area contributed by atoms with Gasteiger partial charge in [0.25, 0.3) is 0 Å². The SMILES string of the molecule is C=CCCC[C@H](NC(=O)[C@@H](Cc1cccc(F)c1)NC(C)=O)C(=O)O. The molecule has 6 nitrogen and oxygen atoms in total. The lowest BCUT2D eigenvalue weighted by atomic mass is 10.0. The van der Waals surface area contributed by atoms with Crippen LogP contribution in [0.15, 0.2) is 36.9 Å². The highest BCUT2D eigenvalue weighted by Crippen LogP contribution is 2.08. The molecule has 1 aromatic rings. The molecule has 25 heavy (non-hydrogen) atoms. The van der Waals surface area contributed by atoms with Gasteiger partial charge >= 0.3 is 5.97 Å². The molecule has 0 aromatic heterocycles. The minimum atomic E-state index is -1.15. The van der Waals surface area contributed by atoms with E-state index in [4.69, 9.17) is 0 Å². The van der Waals surface area contributed by atoms with Gasteiger partial charge in [-0.25, -0.2) is 9.18 Å². The number of unbranched alkanes of at least 4 members (excludes halogenated alkanes) is 1. The summed E-state index contributed by atoms with van der Waals surface area (Å²) < 4.78 is 13.3. The van der Waals surface area contributed by atoms with E-state index in [9.17, 15) is 23.9 Å². The number of aliphatic carboxylic acids is 1. The second kappa shape index (κ2) is 10.2. The lowest BCUT2D eigenvalue weighted by Crippen LogP contribution is -2.52. The van der Waals surface area contributed by atoms with E-state index in [1.807, 2.05) is 0 Å². The molecule has 0 saturated heterocycles. The van der Waals surface area contributed by atoms with E-state index in [1.54, 1.807) is 12.1 Å². The first-order valence-corrected chi connectivity index (χ1v) is 7.99. The van der Waals surface area contributed by atoms with Crippen LogP contribution in [0.25, 0.3) is 0 Å². The normalized spacial score (nSPS) is 12.7. The summed E-state index contributed by atoms with van der Waals surface area (Å²) in [5.41, 5.74) is 0.521. The average molecular weight is 350 g/mol. The number of carboxylic acid groups (broad SMARTS) is 1. The van der Waals surface area contributed by atoms with Crippen LogP contribution in [-0.4, -0.2) is 35.0 Å². The summed E-state index contributed by atoms with van der Waals surface area (Å²) in [5, 5.41) is 14.1. The van der Waals surface area contributed by atoms with Crippen LogP contribution in [0.3, 0.4) is 0 Å². The van der Waals surface area contributed by atoms with Crippen molar-refractivity contribution in [3.8, 4) is 0 Å². The van der Waals surface area contributed by atoms with Crippen LogP contribution >= 0.6 is 0 Å². The van der Waals surface area contributed by atoms with E-state index in [2.05, 4.69) is 17.2 Å². The zero-order valence-electron chi connectivity index (χ0n) is 14.1. The van der Waals surface area contributed by atoms with Crippen molar-refractivity contribution in [2.75, 3.05) is 0 Å². The van der Waals surface area contributed by atoms with Crippen molar-refractivity contribution in [1.29, 1.82) is 0 Å². The molecule has 2 amide bonds. The molecule has 1 aromatic carbocycles. The predicted molar refractivity (Wildman–Crippen MR) is 91.3 cm³/mol. The smallest absolute Gasteiger partial charge is 0.326 e. The number of amides is 2. The molecule has 0 fully saturated rings. The van der Waals surface area contributed by atoms with E-state index in [0.29, 0.717) is 18.4 Å². The second-order valence-electron chi connectivity index (χ2n) is 5.71. The van der Waals surface area contributed by atoms with Gasteiger partial charge in [-0.1, -0.05) is 18.2 Å². The number of hydrogen-bond donors (Lipinski definition) is 3. The molecule has 0 heterocycles. The molecule has 1 rings (SSSR count). The van der Waals surface area contributed by atoms with Crippen LogP contribution in [0.4, 0.5) is 4.39 Å².